The topological polar surface area (TPSA) is 38.8 Å². The molecule has 1 fully saturated rings. The summed E-state index contributed by atoms with van der Waals surface area (Å²) < 4.78 is 10.7. The first-order valence-electron chi connectivity index (χ1n) is 6.83. The molecule has 0 spiro atoms. The number of carbonyl (C=O) groups excluding carboxylic acids is 1. The van der Waals surface area contributed by atoms with Crippen LogP contribution in [0.1, 0.15) is 17.4 Å². The van der Waals surface area contributed by atoms with Crippen LogP contribution >= 0.6 is 23.5 Å². The summed E-state index contributed by atoms with van der Waals surface area (Å²) in [5.41, 5.74) is 1.04. The summed E-state index contributed by atoms with van der Waals surface area (Å²) in [7, 11) is 3.29. The summed E-state index contributed by atoms with van der Waals surface area (Å²) in [6.07, 6.45) is 3.10. The van der Waals surface area contributed by atoms with Crippen LogP contribution in [0.3, 0.4) is 0 Å². The number of benzene rings is 1. The Kier molecular flexibility index (Phi) is 6.11. The van der Waals surface area contributed by atoms with Gasteiger partial charge >= 0.3 is 0 Å². The highest BCUT2D eigenvalue weighted by Crippen LogP contribution is 2.43. The van der Waals surface area contributed by atoms with E-state index in [0.717, 1.165) is 35.8 Å². The van der Waals surface area contributed by atoms with E-state index < -0.39 is 0 Å². The largest absolute Gasteiger partial charge is 0.497 e. The van der Waals surface area contributed by atoms with Crippen molar-refractivity contribution in [3.8, 4) is 11.5 Å². The van der Waals surface area contributed by atoms with Gasteiger partial charge in [-0.2, -0.15) is 11.8 Å². The van der Waals surface area contributed by atoms with Crippen LogP contribution in [0, 0.1) is 0 Å². The lowest BCUT2D eigenvalue weighted by Gasteiger charge is -2.25. The molecule has 116 valence electrons. The van der Waals surface area contributed by atoms with E-state index in [2.05, 4.69) is 6.26 Å². The van der Waals surface area contributed by atoms with Crippen LogP contribution in [0.2, 0.25) is 0 Å². The van der Waals surface area contributed by atoms with Crippen LogP contribution in [0.4, 0.5) is 0 Å². The van der Waals surface area contributed by atoms with Gasteiger partial charge in [0.2, 0.25) is 5.91 Å². The van der Waals surface area contributed by atoms with E-state index in [1.54, 1.807) is 26.0 Å². The molecule has 4 nitrogen and oxygen atoms in total. The molecule has 1 aliphatic heterocycles. The van der Waals surface area contributed by atoms with E-state index in [-0.39, 0.29) is 11.3 Å². The van der Waals surface area contributed by atoms with Crippen molar-refractivity contribution >= 4 is 29.4 Å². The summed E-state index contributed by atoms with van der Waals surface area (Å²) >= 11 is 3.47. The Labute approximate surface area is 134 Å². The minimum absolute atomic E-state index is 0.0419. The highest BCUT2D eigenvalue weighted by atomic mass is 32.2. The maximum absolute atomic E-state index is 12.1. The number of ether oxygens (including phenoxy) is 2. The van der Waals surface area contributed by atoms with Crippen molar-refractivity contribution in [2.45, 2.75) is 11.8 Å². The summed E-state index contributed by atoms with van der Waals surface area (Å²) in [4.78, 5) is 14.1. The van der Waals surface area contributed by atoms with Gasteiger partial charge in [0.1, 0.15) is 16.9 Å². The first-order chi connectivity index (χ1) is 10.2. The van der Waals surface area contributed by atoms with Crippen LogP contribution < -0.4 is 9.47 Å². The summed E-state index contributed by atoms with van der Waals surface area (Å²) in [6.45, 7) is 0.798. The predicted molar refractivity (Wildman–Crippen MR) is 89.5 cm³/mol. The third-order valence-corrected chi connectivity index (χ3v) is 5.36. The quantitative estimate of drug-likeness (QED) is 0.720. The Morgan fingerprint density at radius 3 is 2.86 bits per heavy atom. The molecule has 1 aromatic rings. The molecule has 1 heterocycles. The van der Waals surface area contributed by atoms with Gasteiger partial charge in [-0.15, -0.1) is 11.8 Å². The third kappa shape index (κ3) is 3.80. The Hall–Kier alpha value is -1.01. The zero-order valence-corrected chi connectivity index (χ0v) is 14.3. The molecule has 2 rings (SSSR count). The highest BCUT2D eigenvalue weighted by Gasteiger charge is 2.34. The molecule has 1 aliphatic rings. The number of carbonyl (C=O) groups is 1. The van der Waals surface area contributed by atoms with Gasteiger partial charge in [-0.25, -0.2) is 0 Å². The first-order valence-corrected chi connectivity index (χ1v) is 9.27. The van der Waals surface area contributed by atoms with Crippen molar-refractivity contribution in [3.05, 3.63) is 23.8 Å². The lowest BCUT2D eigenvalue weighted by atomic mass is 10.1. The number of hydrogen-bond donors (Lipinski definition) is 0. The number of rotatable bonds is 7. The minimum Gasteiger partial charge on any atom is -0.497 e. The molecule has 6 heteroatoms. The highest BCUT2D eigenvalue weighted by molar-refractivity contribution is 8.00. The van der Waals surface area contributed by atoms with Gasteiger partial charge in [-0.05, 0) is 30.6 Å². The van der Waals surface area contributed by atoms with Crippen LogP contribution in [-0.4, -0.2) is 49.3 Å². The maximum atomic E-state index is 12.1. The average molecular weight is 327 g/mol. The smallest absolute Gasteiger partial charge is 0.233 e. The van der Waals surface area contributed by atoms with Gasteiger partial charge < -0.3 is 14.4 Å². The first kappa shape index (κ1) is 16.4. The van der Waals surface area contributed by atoms with E-state index in [9.17, 15) is 4.79 Å². The maximum Gasteiger partial charge on any atom is 0.233 e. The van der Waals surface area contributed by atoms with Crippen molar-refractivity contribution in [3.63, 3.8) is 0 Å². The summed E-state index contributed by atoms with van der Waals surface area (Å²) in [5.74, 6) is 3.36. The van der Waals surface area contributed by atoms with Gasteiger partial charge in [0.25, 0.3) is 0 Å². The number of amides is 1. The fourth-order valence-electron chi connectivity index (χ4n) is 2.36. The Morgan fingerprint density at radius 2 is 2.19 bits per heavy atom. The van der Waals surface area contributed by atoms with Crippen molar-refractivity contribution in [1.82, 2.24) is 4.90 Å². The van der Waals surface area contributed by atoms with Gasteiger partial charge in [0, 0.05) is 18.2 Å². The van der Waals surface area contributed by atoms with Gasteiger partial charge in [-0.3, -0.25) is 4.79 Å². The number of methoxy groups -OCH3 is 2. The lowest BCUT2D eigenvalue weighted by molar-refractivity contribution is -0.128. The molecule has 1 unspecified atom stereocenters. The SMILES string of the molecule is COc1ccc(C2SCC(=O)N2CCCSC)c(OC)c1. The van der Waals surface area contributed by atoms with Crippen molar-refractivity contribution in [2.75, 3.05) is 38.5 Å². The second kappa shape index (κ2) is 7.84. The fourth-order valence-corrected chi connectivity index (χ4v) is 4.02. The zero-order chi connectivity index (χ0) is 15.2. The van der Waals surface area contributed by atoms with Crippen molar-refractivity contribution < 1.29 is 14.3 Å². The average Bonchev–Trinajstić information content (AvgIpc) is 2.88. The van der Waals surface area contributed by atoms with Crippen molar-refractivity contribution in [2.24, 2.45) is 0 Å². The molecular formula is C15H21NO3S2. The molecule has 1 aromatic carbocycles. The predicted octanol–water partition coefficient (Wildman–Crippen LogP) is 3.03. The molecule has 21 heavy (non-hydrogen) atoms. The molecule has 1 atom stereocenters. The fraction of sp³-hybridized carbons (Fsp3) is 0.533. The molecule has 1 saturated heterocycles. The van der Waals surface area contributed by atoms with Crippen molar-refractivity contribution in [1.29, 1.82) is 0 Å². The molecule has 0 aliphatic carbocycles. The van der Waals surface area contributed by atoms with Crippen LogP contribution in [0.25, 0.3) is 0 Å². The standard InChI is InChI=1S/C15H21NO3S2/c1-18-11-5-6-12(13(9-11)19-2)15-16(7-4-8-20-3)14(17)10-21-15/h5-6,9,15H,4,7-8,10H2,1-3H3. The second-order valence-corrected chi connectivity index (χ2v) is 6.76. The summed E-state index contributed by atoms with van der Waals surface area (Å²) in [6, 6.07) is 5.79. The number of nitrogens with zero attached hydrogens (tertiary/aromatic N) is 1. The molecule has 0 saturated carbocycles. The Bertz CT molecular complexity index is 496. The van der Waals surface area contributed by atoms with E-state index in [0.29, 0.717) is 5.75 Å². The third-order valence-electron chi connectivity index (χ3n) is 3.42. The molecule has 0 aromatic heterocycles. The monoisotopic (exact) mass is 327 g/mol. The molecule has 0 N–H and O–H groups in total. The molecule has 0 radical (unpaired) electrons. The lowest BCUT2D eigenvalue weighted by Crippen LogP contribution is -2.29. The Morgan fingerprint density at radius 1 is 1.38 bits per heavy atom. The number of hydrogen-bond acceptors (Lipinski definition) is 5. The van der Waals surface area contributed by atoms with Gasteiger partial charge in [-0.1, -0.05) is 0 Å². The second-order valence-electron chi connectivity index (χ2n) is 4.70. The Balaban J connectivity index is 2.20. The van der Waals surface area contributed by atoms with E-state index in [1.807, 2.05) is 34.9 Å². The molecule has 0 bridgehead atoms. The van der Waals surface area contributed by atoms with Gasteiger partial charge in [0.15, 0.2) is 0 Å². The van der Waals surface area contributed by atoms with Crippen LogP contribution in [0.15, 0.2) is 18.2 Å². The van der Waals surface area contributed by atoms with E-state index >= 15 is 0 Å². The van der Waals surface area contributed by atoms with E-state index in [4.69, 9.17) is 9.47 Å². The van der Waals surface area contributed by atoms with Crippen LogP contribution in [-0.2, 0) is 4.79 Å². The molecule has 1 amide bonds. The summed E-state index contributed by atoms with van der Waals surface area (Å²) in [5, 5.41) is 0.0419. The molecular weight excluding hydrogens is 306 g/mol. The zero-order valence-electron chi connectivity index (χ0n) is 12.6. The normalized spacial score (nSPS) is 18.1. The van der Waals surface area contributed by atoms with E-state index in [1.165, 1.54) is 0 Å². The van der Waals surface area contributed by atoms with Crippen LogP contribution in [0.5, 0.6) is 11.5 Å². The minimum atomic E-state index is 0.0419. The van der Waals surface area contributed by atoms with Gasteiger partial charge in [0.05, 0.1) is 20.0 Å². The number of thioether (sulfide) groups is 2.